The fourth-order valence-corrected chi connectivity index (χ4v) is 7.53. The summed E-state index contributed by atoms with van der Waals surface area (Å²) in [6, 6.07) is 11.5. The number of methoxy groups -OCH3 is 2. The van der Waals surface area contributed by atoms with E-state index >= 15 is 8.78 Å². The normalized spacial score (nSPS) is 19.2. The minimum atomic E-state index is -1.14. The number of ether oxygens (including phenoxy) is 7. The molecule has 1 aliphatic rings. The molecule has 0 spiro atoms. The van der Waals surface area contributed by atoms with E-state index in [-0.39, 0.29) is 56.8 Å². The second-order valence-electron chi connectivity index (χ2n) is 14.5. The Morgan fingerprint density at radius 3 is 2.23 bits per heavy atom. The number of anilines is 1. The Kier molecular flexibility index (Phi) is 16.9. The highest BCUT2D eigenvalue weighted by molar-refractivity contribution is 6.31. The highest BCUT2D eigenvalue weighted by atomic mass is 35.5. The number of hydrogen-bond donors (Lipinski definition) is 2. The fourth-order valence-electron chi connectivity index (χ4n) is 7.19. The number of esters is 1. The van der Waals surface area contributed by atoms with Crippen LogP contribution in [0.5, 0.6) is 5.75 Å². The minimum absolute atomic E-state index is 0.0225. The van der Waals surface area contributed by atoms with Crippen LogP contribution in [0.1, 0.15) is 67.9 Å². The van der Waals surface area contributed by atoms with Gasteiger partial charge in [0.15, 0.2) is 0 Å². The van der Waals surface area contributed by atoms with Crippen molar-refractivity contribution in [3.8, 4) is 5.75 Å². The number of nitrogens with one attached hydrogen (secondary N) is 2. The van der Waals surface area contributed by atoms with E-state index in [0.29, 0.717) is 39.3 Å². The zero-order valence-electron chi connectivity index (χ0n) is 32.9. The maximum absolute atomic E-state index is 16.1. The third-order valence-corrected chi connectivity index (χ3v) is 10.2. The van der Waals surface area contributed by atoms with Gasteiger partial charge in [0, 0.05) is 29.5 Å². The Labute approximate surface area is 341 Å². The number of carbonyl (C=O) groups excluding carboxylic acids is 3. The lowest BCUT2D eigenvalue weighted by atomic mass is 9.60. The second-order valence-corrected chi connectivity index (χ2v) is 15.4. The molecule has 312 valence electrons. The third-order valence-electron chi connectivity index (χ3n) is 9.64. The second kappa shape index (κ2) is 21.1. The molecule has 0 saturated carbocycles. The Hall–Kier alpha value is -4.05. The molecule has 1 fully saturated rings. The van der Waals surface area contributed by atoms with Crippen molar-refractivity contribution >= 4 is 46.9 Å². The molecule has 0 aromatic heterocycles. The van der Waals surface area contributed by atoms with E-state index in [9.17, 15) is 14.4 Å². The average molecular weight is 840 g/mol. The van der Waals surface area contributed by atoms with Gasteiger partial charge >= 0.3 is 12.1 Å². The molecule has 4 atom stereocenters. The molecular formula is C41H50Cl2F2N2O10. The van der Waals surface area contributed by atoms with Gasteiger partial charge in [-0.25, -0.2) is 18.4 Å². The van der Waals surface area contributed by atoms with Gasteiger partial charge in [0.25, 0.3) is 0 Å². The van der Waals surface area contributed by atoms with E-state index < -0.39 is 59.9 Å². The summed E-state index contributed by atoms with van der Waals surface area (Å²) in [5.41, 5.74) is -0.791. The Morgan fingerprint density at radius 2 is 1.58 bits per heavy atom. The summed E-state index contributed by atoms with van der Waals surface area (Å²) in [5.74, 6) is -3.56. The number of rotatable bonds is 19. The first-order valence-electron chi connectivity index (χ1n) is 18.4. The van der Waals surface area contributed by atoms with Crippen LogP contribution in [-0.2, 0) is 38.6 Å². The van der Waals surface area contributed by atoms with E-state index in [1.165, 1.54) is 37.4 Å². The van der Waals surface area contributed by atoms with Crippen LogP contribution in [0, 0.1) is 17.0 Å². The van der Waals surface area contributed by atoms with Gasteiger partial charge in [-0.3, -0.25) is 4.79 Å². The van der Waals surface area contributed by atoms with Crippen molar-refractivity contribution in [2.75, 3.05) is 66.0 Å². The summed E-state index contributed by atoms with van der Waals surface area (Å²) < 4.78 is 67.9. The number of benzene rings is 3. The van der Waals surface area contributed by atoms with E-state index in [4.69, 9.17) is 56.4 Å². The molecule has 4 rings (SSSR count). The zero-order chi connectivity index (χ0) is 41.8. The largest absolute Gasteiger partial charge is 0.511 e. The molecule has 1 saturated heterocycles. The quantitative estimate of drug-likeness (QED) is 0.0688. The predicted octanol–water partition coefficient (Wildman–Crippen LogP) is 8.07. The Morgan fingerprint density at radius 1 is 0.877 bits per heavy atom. The van der Waals surface area contributed by atoms with Crippen LogP contribution in [-0.4, -0.2) is 90.8 Å². The van der Waals surface area contributed by atoms with Crippen molar-refractivity contribution in [1.29, 1.82) is 0 Å². The summed E-state index contributed by atoms with van der Waals surface area (Å²) >= 11 is 12.5. The maximum atomic E-state index is 16.1. The van der Waals surface area contributed by atoms with Crippen molar-refractivity contribution < 1.29 is 56.3 Å². The Bertz CT molecular complexity index is 1850. The summed E-state index contributed by atoms with van der Waals surface area (Å²) in [6.07, 6.45) is -0.250. The summed E-state index contributed by atoms with van der Waals surface area (Å²) in [5, 5.41) is 6.40. The lowest BCUT2D eigenvalue weighted by molar-refractivity contribution is -0.118. The highest BCUT2D eigenvalue weighted by Crippen LogP contribution is 2.55. The first-order chi connectivity index (χ1) is 27.2. The molecule has 3 aromatic rings. The lowest BCUT2D eigenvalue weighted by Crippen LogP contribution is -2.45. The molecule has 0 unspecified atom stereocenters. The monoisotopic (exact) mass is 838 g/mol. The number of amides is 1. The lowest BCUT2D eigenvalue weighted by Gasteiger charge is -2.42. The molecule has 57 heavy (non-hydrogen) atoms. The number of hydrogen-bond acceptors (Lipinski definition) is 11. The zero-order valence-corrected chi connectivity index (χ0v) is 34.4. The van der Waals surface area contributed by atoms with Gasteiger partial charge < -0.3 is 43.8 Å². The molecular weight excluding hydrogens is 789 g/mol. The van der Waals surface area contributed by atoms with Crippen LogP contribution >= 0.6 is 23.2 Å². The van der Waals surface area contributed by atoms with Crippen LogP contribution in [0.2, 0.25) is 10.0 Å². The SMILES string of the molecule is CC[C@]1(c2ccc(Cl)cc2F)[C@H](CC(C)(C)C)N[C@@H](C(=O)Nc2ccc(C(=O)OCOC(=O)OCCOCCOCCOC)cc2OC)[C@@H]1c1cccc(Cl)c1F. The molecule has 1 heterocycles. The molecule has 2 N–H and O–H groups in total. The standard InChI is InChI=1S/C41H50Cl2F2N2O10/c1-7-41(28-13-12-26(42)22-30(28)44)33(23-40(2,3)4)47-36(34(41)27-9-8-10-29(43)35(27)45)37(48)46-31-14-11-25(21-32(31)52-6)38(49)56-24-57-39(50)55-20-19-54-18-17-53-16-15-51-5/h8-14,21-22,33-34,36,47H,7,15-20,23-24H2,1-6H3,(H,46,48)/t33-,34-,36+,41-/m0/s1. The van der Waals surface area contributed by atoms with E-state index in [1.807, 2.05) is 27.7 Å². The van der Waals surface area contributed by atoms with E-state index in [2.05, 4.69) is 10.6 Å². The number of carbonyl (C=O) groups is 3. The van der Waals surface area contributed by atoms with Gasteiger partial charge in [-0.2, -0.15) is 0 Å². The van der Waals surface area contributed by atoms with Crippen LogP contribution in [0.25, 0.3) is 0 Å². The van der Waals surface area contributed by atoms with Gasteiger partial charge in [-0.05, 0) is 65.8 Å². The van der Waals surface area contributed by atoms with Crippen LogP contribution in [0.4, 0.5) is 19.3 Å². The minimum Gasteiger partial charge on any atom is -0.495 e. The number of halogens is 4. The van der Waals surface area contributed by atoms with Crippen molar-refractivity contribution in [1.82, 2.24) is 5.32 Å². The van der Waals surface area contributed by atoms with Crippen molar-refractivity contribution in [3.63, 3.8) is 0 Å². The van der Waals surface area contributed by atoms with Gasteiger partial charge in [0.1, 0.15) is 24.0 Å². The van der Waals surface area contributed by atoms with Gasteiger partial charge in [0.2, 0.25) is 12.7 Å². The van der Waals surface area contributed by atoms with Crippen LogP contribution < -0.4 is 15.4 Å². The van der Waals surface area contributed by atoms with E-state index in [0.717, 1.165) is 0 Å². The first-order valence-corrected chi connectivity index (χ1v) is 19.2. The average Bonchev–Trinajstić information content (AvgIpc) is 3.48. The van der Waals surface area contributed by atoms with Gasteiger partial charge in [-0.1, -0.05) is 69.1 Å². The molecule has 0 bridgehead atoms. The van der Waals surface area contributed by atoms with Crippen molar-refractivity contribution in [2.24, 2.45) is 5.41 Å². The summed E-state index contributed by atoms with van der Waals surface area (Å²) in [7, 11) is 2.92. The van der Waals surface area contributed by atoms with Crippen LogP contribution in [0.15, 0.2) is 54.6 Å². The van der Waals surface area contributed by atoms with Gasteiger partial charge in [-0.15, -0.1) is 0 Å². The predicted molar refractivity (Wildman–Crippen MR) is 210 cm³/mol. The fraction of sp³-hybridized carbons (Fsp3) is 0.488. The van der Waals surface area contributed by atoms with Gasteiger partial charge in [0.05, 0.1) is 62.5 Å². The van der Waals surface area contributed by atoms with Crippen molar-refractivity contribution in [3.05, 3.63) is 93.0 Å². The Balaban J connectivity index is 1.51. The summed E-state index contributed by atoms with van der Waals surface area (Å²) in [6.45, 7) is 8.85. The first kappa shape index (κ1) is 45.6. The van der Waals surface area contributed by atoms with Crippen molar-refractivity contribution in [2.45, 2.75) is 64.0 Å². The topological polar surface area (TPSA) is 140 Å². The molecule has 3 aromatic carbocycles. The summed E-state index contributed by atoms with van der Waals surface area (Å²) in [4.78, 5) is 39.2. The molecule has 0 aliphatic carbocycles. The molecule has 12 nitrogen and oxygen atoms in total. The van der Waals surface area contributed by atoms with Crippen LogP contribution in [0.3, 0.4) is 0 Å². The maximum Gasteiger partial charge on any atom is 0.511 e. The molecule has 1 amide bonds. The molecule has 1 aliphatic heterocycles. The smallest absolute Gasteiger partial charge is 0.495 e. The highest BCUT2D eigenvalue weighted by Gasteiger charge is 2.59. The third kappa shape index (κ3) is 11.8. The van der Waals surface area contributed by atoms with E-state index in [1.54, 1.807) is 31.4 Å². The molecule has 16 heteroatoms. The molecule has 0 radical (unpaired) electrons.